The fourth-order valence-corrected chi connectivity index (χ4v) is 11.1. The number of anilines is 3. The summed E-state index contributed by atoms with van der Waals surface area (Å²) in [5.41, 5.74) is 11.9. The number of nitrogens with zero attached hydrogens (tertiary/aromatic N) is 1. The minimum absolute atomic E-state index is 1.11. The minimum atomic E-state index is 1.11. The molecule has 0 unspecified atom stereocenters. The topological polar surface area (TPSA) is 3.24 Å². The lowest BCUT2D eigenvalue weighted by Crippen LogP contribution is -2.09. The van der Waals surface area contributed by atoms with E-state index in [1.807, 2.05) is 34.0 Å². The Labute approximate surface area is 350 Å². The first-order chi connectivity index (χ1) is 28.7. The Hall–Kier alpha value is -6.56. The van der Waals surface area contributed by atoms with Crippen LogP contribution in [0.1, 0.15) is 0 Å². The van der Waals surface area contributed by atoms with Crippen LogP contribution < -0.4 is 4.90 Å². The molecule has 3 aromatic heterocycles. The quantitative estimate of drug-likeness (QED) is 0.148. The van der Waals surface area contributed by atoms with E-state index in [2.05, 4.69) is 217 Å². The summed E-state index contributed by atoms with van der Waals surface area (Å²) < 4.78 is 3.95. The molecule has 0 radical (unpaired) electrons. The number of hydrogen-bond acceptors (Lipinski definition) is 4. The smallest absolute Gasteiger partial charge is 0.0462 e. The number of rotatable bonds is 8. The molecule has 0 aliphatic rings. The Balaban J connectivity index is 0.879. The second-order valence-corrected chi connectivity index (χ2v) is 17.8. The van der Waals surface area contributed by atoms with E-state index in [4.69, 9.17) is 0 Å². The van der Waals surface area contributed by atoms with E-state index in [0.29, 0.717) is 0 Å². The van der Waals surface area contributed by atoms with Crippen LogP contribution in [0, 0.1) is 0 Å². The van der Waals surface area contributed by atoms with Crippen LogP contribution in [0.3, 0.4) is 0 Å². The number of fused-ring (bicyclic) bond motifs is 3. The van der Waals surface area contributed by atoms with E-state index in [1.54, 1.807) is 0 Å². The predicted octanol–water partition coefficient (Wildman–Crippen LogP) is 17.1. The molecule has 0 aliphatic carbocycles. The first-order valence-corrected chi connectivity index (χ1v) is 21.9. The zero-order valence-electron chi connectivity index (χ0n) is 31.4. The largest absolute Gasteiger partial charge is 0.311 e. The zero-order valence-corrected chi connectivity index (χ0v) is 33.8. The molecule has 58 heavy (non-hydrogen) atoms. The number of thiophene rings is 3. The summed E-state index contributed by atoms with van der Waals surface area (Å²) >= 11 is 5.54. The van der Waals surface area contributed by atoms with E-state index in [1.165, 1.54) is 83.8 Å². The van der Waals surface area contributed by atoms with Gasteiger partial charge in [-0.25, -0.2) is 0 Å². The highest BCUT2D eigenvalue weighted by Crippen LogP contribution is 2.41. The Kier molecular flexibility index (Phi) is 8.81. The minimum Gasteiger partial charge on any atom is -0.311 e. The van der Waals surface area contributed by atoms with E-state index in [0.717, 1.165) is 17.1 Å². The van der Waals surface area contributed by atoms with Crippen molar-refractivity contribution in [2.75, 3.05) is 4.90 Å². The summed E-state index contributed by atoms with van der Waals surface area (Å²) in [7, 11) is 0. The fraction of sp³-hybridized carbons (Fsp3) is 0. The lowest BCUT2D eigenvalue weighted by Gasteiger charge is -2.26. The summed E-state index contributed by atoms with van der Waals surface area (Å²) in [5.74, 6) is 0. The van der Waals surface area contributed by atoms with Gasteiger partial charge in [-0.1, -0.05) is 140 Å². The maximum Gasteiger partial charge on any atom is 0.0462 e. The van der Waals surface area contributed by atoms with Crippen molar-refractivity contribution in [2.45, 2.75) is 0 Å². The lowest BCUT2D eigenvalue weighted by molar-refractivity contribution is 1.28. The van der Waals surface area contributed by atoms with Gasteiger partial charge in [-0.05, 0) is 128 Å². The van der Waals surface area contributed by atoms with Crippen LogP contribution in [0.2, 0.25) is 0 Å². The fourth-order valence-electron chi connectivity index (χ4n) is 7.85. The maximum atomic E-state index is 2.36. The van der Waals surface area contributed by atoms with Gasteiger partial charge in [0, 0.05) is 45.8 Å². The molecule has 0 spiro atoms. The Morgan fingerprint density at radius 1 is 0.241 bits per heavy atom. The van der Waals surface area contributed by atoms with Gasteiger partial charge in [-0.2, -0.15) is 0 Å². The van der Waals surface area contributed by atoms with Gasteiger partial charge >= 0.3 is 0 Å². The lowest BCUT2D eigenvalue weighted by atomic mass is 9.99. The monoisotopic (exact) mass is 793 g/mol. The average molecular weight is 794 g/mol. The first-order valence-electron chi connectivity index (χ1n) is 19.5. The highest BCUT2D eigenvalue weighted by atomic mass is 32.1. The highest BCUT2D eigenvalue weighted by Gasteiger charge is 2.15. The van der Waals surface area contributed by atoms with E-state index >= 15 is 0 Å². The molecule has 4 heteroatoms. The maximum absolute atomic E-state index is 2.36. The molecule has 0 saturated carbocycles. The molecule has 0 fully saturated rings. The Morgan fingerprint density at radius 3 is 0.776 bits per heavy atom. The third-order valence-corrected chi connectivity index (χ3v) is 14.4. The van der Waals surface area contributed by atoms with E-state index in [-0.39, 0.29) is 0 Å². The van der Waals surface area contributed by atoms with Crippen LogP contribution >= 0.6 is 34.0 Å². The van der Waals surface area contributed by atoms with Crippen LogP contribution in [-0.2, 0) is 0 Å². The van der Waals surface area contributed by atoms with Crippen molar-refractivity contribution in [3.63, 3.8) is 0 Å². The molecule has 8 aromatic carbocycles. The molecule has 0 saturated heterocycles. The van der Waals surface area contributed by atoms with Gasteiger partial charge in [0.1, 0.15) is 0 Å². The van der Waals surface area contributed by atoms with Gasteiger partial charge in [-0.15, -0.1) is 34.0 Å². The summed E-state index contributed by atoms with van der Waals surface area (Å²) in [6, 6.07) is 77.7. The van der Waals surface area contributed by atoms with Crippen molar-refractivity contribution < 1.29 is 0 Å². The first kappa shape index (κ1) is 34.7. The summed E-state index contributed by atoms with van der Waals surface area (Å²) in [6.45, 7) is 0. The molecule has 0 bridgehead atoms. The van der Waals surface area contributed by atoms with Gasteiger partial charge in [0.2, 0.25) is 0 Å². The van der Waals surface area contributed by atoms with Crippen LogP contribution in [-0.4, -0.2) is 0 Å². The molecular formula is C54H35NS3. The van der Waals surface area contributed by atoms with Crippen molar-refractivity contribution in [1.82, 2.24) is 0 Å². The second-order valence-electron chi connectivity index (χ2n) is 14.6. The van der Waals surface area contributed by atoms with Gasteiger partial charge in [0.15, 0.2) is 0 Å². The van der Waals surface area contributed by atoms with Gasteiger partial charge < -0.3 is 4.90 Å². The molecule has 0 N–H and O–H groups in total. The van der Waals surface area contributed by atoms with Crippen molar-refractivity contribution in [3.8, 4) is 53.6 Å². The van der Waals surface area contributed by atoms with Gasteiger partial charge in [0.05, 0.1) is 0 Å². The van der Waals surface area contributed by atoms with Gasteiger partial charge in [0.25, 0.3) is 0 Å². The standard InChI is InChI=1S/C54H35NS3/c1-4-10-49-43(7-1)33-52(56-49)40-19-17-38(18-20-40)36-13-15-37(16-14-36)39-21-27-46(28-22-39)55(47-29-23-41(24-30-47)53-34-44-8-2-5-11-50(44)57-53)48-31-25-42(26-32-48)54-35-45-9-3-6-12-51(45)58-54/h1-35H. The van der Waals surface area contributed by atoms with Crippen molar-refractivity contribution in [3.05, 3.63) is 212 Å². The number of hydrogen-bond donors (Lipinski definition) is 0. The van der Waals surface area contributed by atoms with Crippen molar-refractivity contribution >= 4 is 81.3 Å². The van der Waals surface area contributed by atoms with E-state index in [9.17, 15) is 0 Å². The van der Waals surface area contributed by atoms with Crippen LogP contribution in [0.25, 0.3) is 83.8 Å². The summed E-state index contributed by atoms with van der Waals surface area (Å²) in [6.07, 6.45) is 0. The van der Waals surface area contributed by atoms with Crippen molar-refractivity contribution in [1.29, 1.82) is 0 Å². The number of benzene rings is 8. The normalized spacial score (nSPS) is 11.4. The molecule has 0 atom stereocenters. The molecule has 11 rings (SSSR count). The Morgan fingerprint density at radius 2 is 0.483 bits per heavy atom. The molecule has 11 aromatic rings. The van der Waals surface area contributed by atoms with Gasteiger partial charge in [-0.3, -0.25) is 0 Å². The molecule has 1 nitrogen and oxygen atoms in total. The average Bonchev–Trinajstić information content (AvgIpc) is 4.05. The Bertz CT molecular complexity index is 2970. The zero-order chi connectivity index (χ0) is 38.4. The van der Waals surface area contributed by atoms with Crippen LogP contribution in [0.5, 0.6) is 0 Å². The molecule has 3 heterocycles. The highest BCUT2D eigenvalue weighted by molar-refractivity contribution is 7.23. The molecule has 274 valence electrons. The third kappa shape index (κ3) is 6.61. The second kappa shape index (κ2) is 14.7. The molecule has 0 aliphatic heterocycles. The van der Waals surface area contributed by atoms with Crippen molar-refractivity contribution in [2.24, 2.45) is 0 Å². The summed E-state index contributed by atoms with van der Waals surface area (Å²) in [4.78, 5) is 6.23. The van der Waals surface area contributed by atoms with Crippen LogP contribution in [0.15, 0.2) is 212 Å². The summed E-state index contributed by atoms with van der Waals surface area (Å²) in [5, 5.41) is 3.89. The third-order valence-electron chi connectivity index (χ3n) is 10.9. The molecular weight excluding hydrogens is 759 g/mol. The molecule has 0 amide bonds. The SMILES string of the molecule is c1ccc2sc(-c3ccc(-c4ccc(-c5ccc(N(c6ccc(-c7cc8ccccc8s7)cc6)c6ccc(-c7cc8ccccc8s7)cc6)cc5)cc4)cc3)cc2c1. The predicted molar refractivity (Wildman–Crippen MR) is 254 cm³/mol. The van der Waals surface area contributed by atoms with Crippen LogP contribution in [0.4, 0.5) is 17.1 Å². The van der Waals surface area contributed by atoms with E-state index < -0.39 is 0 Å².